The van der Waals surface area contributed by atoms with Crippen molar-refractivity contribution in [3.05, 3.63) is 253 Å². The van der Waals surface area contributed by atoms with Crippen molar-refractivity contribution < 1.29 is 0 Å². The molecule has 1 aliphatic rings. The highest BCUT2D eigenvalue weighted by Crippen LogP contribution is 2.45. The number of nitrogens with zero attached hydrogens (tertiary/aromatic N) is 3. The number of rotatable bonds is 3. The number of fused-ring (bicyclic) bond motifs is 14. The fourth-order valence-corrected chi connectivity index (χ4v) is 14.1. The third kappa shape index (κ3) is 7.43. The summed E-state index contributed by atoms with van der Waals surface area (Å²) in [5.74, 6) is 0. The Balaban J connectivity index is 0.000000119. The summed E-state index contributed by atoms with van der Waals surface area (Å²) in [6, 6.07) is 78.8. The van der Waals surface area contributed by atoms with E-state index in [-0.39, 0.29) is 0 Å². The molecular weight excluding hydrogens is 1170 g/mol. The van der Waals surface area contributed by atoms with Gasteiger partial charge in [-0.2, -0.15) is 0 Å². The van der Waals surface area contributed by atoms with Gasteiger partial charge in [-0.1, -0.05) is 140 Å². The topological polar surface area (TPSA) is 14.8 Å². The number of aromatic nitrogens is 3. The molecule has 5 heterocycles. The standard InChI is InChI=1S/C32H19BrN2S.C27H17NS.C6H4BrI/c33-25-12-4-7-15-28(25)34-26-13-5-1-9-20(26)23-17-24-21-10-2-6-14-27(21)35(30(24)18-29(23)34)31-19-36-32-16-8-3-11-22(31)32;1-2-8-19-17(7-1)13-18-14-25-23(15-22(18)19)20-9-3-5-11-24(20)28(25)26-16-29-27-12-6-4-10-21(26)27;7-5-3-1-2-4-6(5)8/h1-19H;1-12,14-16H,13H2;1-4H. The average molecular weight is 1210 g/mol. The molecule has 5 aromatic heterocycles. The number of halogens is 3. The lowest BCUT2D eigenvalue weighted by Crippen LogP contribution is -1.96. The molecule has 0 amide bonds. The molecule has 10 aromatic carbocycles. The van der Waals surface area contributed by atoms with Gasteiger partial charge < -0.3 is 13.7 Å². The van der Waals surface area contributed by atoms with E-state index in [1.807, 2.05) is 29.5 Å². The van der Waals surface area contributed by atoms with Gasteiger partial charge in [-0.05, 0) is 162 Å². The first-order chi connectivity index (χ1) is 36.0. The first-order valence-electron chi connectivity index (χ1n) is 24.2. The SMILES string of the molecule is Brc1ccccc1-n1c2ccccc2c2cc3c4ccccc4n(-c4csc5ccccc45)c3cc21.Brc1ccccc1I.c1ccc2c(c1)Cc1cc3c(cc1-2)c1ccccc1n3-c1csc2ccccc12. The zero-order valence-electron chi connectivity index (χ0n) is 38.9. The maximum atomic E-state index is 3.82. The second-order valence-electron chi connectivity index (χ2n) is 18.4. The van der Waals surface area contributed by atoms with Gasteiger partial charge in [0.1, 0.15) is 0 Å². The van der Waals surface area contributed by atoms with Crippen molar-refractivity contribution in [1.82, 2.24) is 13.7 Å². The molecule has 0 bridgehead atoms. The Bertz CT molecular complexity index is 4650. The summed E-state index contributed by atoms with van der Waals surface area (Å²) in [6.45, 7) is 0. The van der Waals surface area contributed by atoms with Crippen molar-refractivity contribution >= 4 is 163 Å². The van der Waals surface area contributed by atoms with Crippen molar-refractivity contribution in [1.29, 1.82) is 0 Å². The van der Waals surface area contributed by atoms with Crippen LogP contribution < -0.4 is 0 Å². The third-order valence-corrected chi connectivity index (χ3v) is 19.3. The van der Waals surface area contributed by atoms with Crippen molar-refractivity contribution in [2.75, 3.05) is 0 Å². The average Bonchev–Trinajstić information content (AvgIpc) is 4.30. The Hall–Kier alpha value is -6.79. The maximum Gasteiger partial charge on any atom is 0.0647 e. The van der Waals surface area contributed by atoms with E-state index in [0.717, 1.165) is 16.6 Å². The highest BCUT2D eigenvalue weighted by molar-refractivity contribution is 14.1. The zero-order chi connectivity index (χ0) is 48.7. The molecule has 73 heavy (non-hydrogen) atoms. The van der Waals surface area contributed by atoms with Gasteiger partial charge in [0.2, 0.25) is 0 Å². The number of hydrogen-bond acceptors (Lipinski definition) is 2. The zero-order valence-corrected chi connectivity index (χ0v) is 45.9. The van der Waals surface area contributed by atoms with Crippen LogP contribution in [0.25, 0.3) is 114 Å². The largest absolute Gasteiger partial charge is 0.308 e. The van der Waals surface area contributed by atoms with E-state index in [9.17, 15) is 0 Å². The van der Waals surface area contributed by atoms with Crippen LogP contribution in [0.15, 0.2) is 238 Å². The van der Waals surface area contributed by atoms with Crippen molar-refractivity contribution in [2.24, 2.45) is 0 Å². The third-order valence-electron chi connectivity index (χ3n) is 14.4. The van der Waals surface area contributed by atoms with E-state index >= 15 is 0 Å². The Morgan fingerprint density at radius 2 is 0.767 bits per heavy atom. The first-order valence-corrected chi connectivity index (χ1v) is 28.6. The van der Waals surface area contributed by atoms with Crippen LogP contribution in [-0.2, 0) is 6.42 Å². The molecule has 0 saturated heterocycles. The second kappa shape index (κ2) is 18.3. The van der Waals surface area contributed by atoms with Crippen molar-refractivity contribution in [2.45, 2.75) is 6.42 Å². The Morgan fingerprint density at radius 1 is 0.329 bits per heavy atom. The molecule has 16 rings (SSSR count). The summed E-state index contributed by atoms with van der Waals surface area (Å²) in [6.07, 6.45) is 1.02. The monoisotopic (exact) mass is 1210 g/mol. The Labute approximate surface area is 459 Å². The molecule has 1 aliphatic carbocycles. The normalized spacial score (nSPS) is 12.0. The van der Waals surface area contributed by atoms with E-state index in [2.05, 4.69) is 279 Å². The van der Waals surface area contributed by atoms with Crippen molar-refractivity contribution in [3.8, 4) is 28.2 Å². The van der Waals surface area contributed by atoms with Gasteiger partial charge in [-0.3, -0.25) is 0 Å². The molecule has 0 spiro atoms. The van der Waals surface area contributed by atoms with Gasteiger partial charge in [0.15, 0.2) is 0 Å². The van der Waals surface area contributed by atoms with E-state index in [1.165, 1.54) is 127 Å². The number of para-hydroxylation sites is 4. The highest BCUT2D eigenvalue weighted by Gasteiger charge is 2.24. The van der Waals surface area contributed by atoms with Crippen LogP contribution in [0.5, 0.6) is 0 Å². The molecule has 0 aliphatic heterocycles. The smallest absolute Gasteiger partial charge is 0.0647 e. The summed E-state index contributed by atoms with van der Waals surface area (Å²) < 4.78 is 13.5. The van der Waals surface area contributed by atoms with Gasteiger partial charge in [0.25, 0.3) is 0 Å². The van der Waals surface area contributed by atoms with Gasteiger partial charge >= 0.3 is 0 Å². The molecule has 0 radical (unpaired) electrons. The van der Waals surface area contributed by atoms with Crippen molar-refractivity contribution in [3.63, 3.8) is 0 Å². The van der Waals surface area contributed by atoms with E-state index in [0.29, 0.717) is 0 Å². The van der Waals surface area contributed by atoms with Crippen LogP contribution in [0.2, 0.25) is 0 Å². The summed E-state index contributed by atoms with van der Waals surface area (Å²) in [7, 11) is 0. The van der Waals surface area contributed by atoms with E-state index < -0.39 is 0 Å². The van der Waals surface area contributed by atoms with Gasteiger partial charge in [0, 0.05) is 75.8 Å². The first kappa shape index (κ1) is 44.9. The molecule has 0 atom stereocenters. The molecule has 0 N–H and O–H groups in total. The minimum atomic E-state index is 1.02. The molecule has 3 nitrogen and oxygen atoms in total. The highest BCUT2D eigenvalue weighted by atomic mass is 127. The van der Waals surface area contributed by atoms with Gasteiger partial charge in [0.05, 0.1) is 50.2 Å². The number of hydrogen-bond donors (Lipinski definition) is 0. The predicted molar refractivity (Wildman–Crippen MR) is 329 cm³/mol. The lowest BCUT2D eigenvalue weighted by molar-refractivity contribution is 1.16. The quantitative estimate of drug-likeness (QED) is 0.157. The Morgan fingerprint density at radius 3 is 1.32 bits per heavy atom. The maximum absolute atomic E-state index is 3.82. The van der Waals surface area contributed by atoms with Crippen LogP contribution in [0.1, 0.15) is 11.1 Å². The molecule has 348 valence electrons. The summed E-state index contributed by atoms with van der Waals surface area (Å²) >= 11 is 13.1. The molecular formula is C65H40Br2IN3S2. The summed E-state index contributed by atoms with van der Waals surface area (Å²) in [5.41, 5.74) is 16.8. The fraction of sp³-hybridized carbons (Fsp3) is 0.0154. The molecule has 0 unspecified atom stereocenters. The number of benzene rings is 10. The van der Waals surface area contributed by atoms with E-state index in [1.54, 1.807) is 11.3 Å². The summed E-state index contributed by atoms with van der Waals surface area (Å²) in [5, 5.41) is 15.0. The second-order valence-corrected chi connectivity index (χ2v) is 23.1. The van der Waals surface area contributed by atoms with Gasteiger partial charge in [-0.15, -0.1) is 22.7 Å². The van der Waals surface area contributed by atoms with E-state index in [4.69, 9.17) is 0 Å². The Kier molecular flexibility index (Phi) is 11.2. The predicted octanol–water partition coefficient (Wildman–Crippen LogP) is 20.5. The lowest BCUT2D eigenvalue weighted by Gasteiger charge is -2.11. The van der Waals surface area contributed by atoms with Crippen LogP contribution in [0, 0.1) is 3.57 Å². The van der Waals surface area contributed by atoms with Crippen LogP contribution >= 0.6 is 77.1 Å². The van der Waals surface area contributed by atoms with Crippen LogP contribution in [0.3, 0.4) is 0 Å². The molecule has 0 fully saturated rings. The van der Waals surface area contributed by atoms with Crippen LogP contribution in [0.4, 0.5) is 0 Å². The molecule has 8 heteroatoms. The fourth-order valence-electron chi connectivity index (χ4n) is 11.2. The van der Waals surface area contributed by atoms with Crippen LogP contribution in [-0.4, -0.2) is 13.7 Å². The molecule has 15 aromatic rings. The minimum absolute atomic E-state index is 1.02. The number of thiophene rings is 2. The van der Waals surface area contributed by atoms with Gasteiger partial charge in [-0.25, -0.2) is 0 Å². The summed E-state index contributed by atoms with van der Waals surface area (Å²) in [4.78, 5) is 0. The minimum Gasteiger partial charge on any atom is -0.308 e. The lowest BCUT2D eigenvalue weighted by atomic mass is 10.0. The molecule has 0 saturated carbocycles.